The van der Waals surface area contributed by atoms with E-state index in [2.05, 4.69) is 53.0 Å². The normalized spacial score (nSPS) is 30.3. The van der Waals surface area contributed by atoms with Crippen LogP contribution in [-0.4, -0.2) is 25.2 Å². The van der Waals surface area contributed by atoms with Gasteiger partial charge in [0, 0.05) is 21.6 Å². The van der Waals surface area contributed by atoms with Gasteiger partial charge in [0.05, 0.1) is 13.0 Å². The fraction of sp³-hybridized carbons (Fsp3) is 0.611. The van der Waals surface area contributed by atoms with Gasteiger partial charge in [-0.2, -0.15) is 0 Å². The molecule has 120 valence electrons. The molecule has 2 heterocycles. The van der Waals surface area contributed by atoms with Crippen molar-refractivity contribution in [1.29, 1.82) is 0 Å². The molecule has 0 saturated carbocycles. The average Bonchev–Trinajstić information content (AvgIpc) is 2.90. The summed E-state index contributed by atoms with van der Waals surface area (Å²) >= 11 is 2.43. The molecule has 2 saturated heterocycles. The number of piperidine rings is 1. The molecule has 3 nitrogen and oxygen atoms in total. The number of hydrogen-bond acceptors (Lipinski definition) is 3. The number of aryl methyl sites for hydroxylation is 1. The third-order valence-corrected chi connectivity index (χ3v) is 6.18. The summed E-state index contributed by atoms with van der Waals surface area (Å²) in [6.07, 6.45) is 5.60. The zero-order valence-electron chi connectivity index (χ0n) is 13.3. The lowest BCUT2D eigenvalue weighted by Gasteiger charge is -2.36. The van der Waals surface area contributed by atoms with Crippen LogP contribution in [0.3, 0.4) is 0 Å². The minimum atomic E-state index is -0.0597. The van der Waals surface area contributed by atoms with Crippen molar-refractivity contribution in [2.24, 2.45) is 5.92 Å². The Bertz CT molecular complexity index is 560. The lowest BCUT2D eigenvalue weighted by Crippen LogP contribution is -2.48. The van der Waals surface area contributed by atoms with Crippen LogP contribution in [0.1, 0.15) is 49.7 Å². The molecule has 0 amide bonds. The predicted molar refractivity (Wildman–Crippen MR) is 96.0 cm³/mol. The highest BCUT2D eigenvalue weighted by molar-refractivity contribution is 14.1. The van der Waals surface area contributed by atoms with E-state index in [0.717, 1.165) is 25.7 Å². The van der Waals surface area contributed by atoms with E-state index < -0.39 is 0 Å². The van der Waals surface area contributed by atoms with Crippen molar-refractivity contribution in [2.45, 2.75) is 57.0 Å². The fourth-order valence-corrected chi connectivity index (χ4v) is 4.94. The molecule has 0 radical (unpaired) electrons. The van der Waals surface area contributed by atoms with Crippen LogP contribution in [0.25, 0.3) is 0 Å². The zero-order valence-corrected chi connectivity index (χ0v) is 15.4. The second-order valence-corrected chi connectivity index (χ2v) is 7.70. The van der Waals surface area contributed by atoms with E-state index in [9.17, 15) is 4.79 Å². The van der Waals surface area contributed by atoms with E-state index in [4.69, 9.17) is 4.74 Å². The van der Waals surface area contributed by atoms with Gasteiger partial charge in [-0.15, -0.1) is 0 Å². The van der Waals surface area contributed by atoms with Crippen molar-refractivity contribution in [3.05, 3.63) is 32.9 Å². The van der Waals surface area contributed by atoms with E-state index >= 15 is 0 Å². The molecule has 2 fully saturated rings. The number of hydrogen-bond donors (Lipinski definition) is 1. The van der Waals surface area contributed by atoms with Gasteiger partial charge in [-0.1, -0.05) is 25.5 Å². The molecule has 1 N–H and O–H groups in total. The van der Waals surface area contributed by atoms with Crippen molar-refractivity contribution < 1.29 is 9.53 Å². The van der Waals surface area contributed by atoms with Crippen LogP contribution in [0.4, 0.5) is 0 Å². The lowest BCUT2D eigenvalue weighted by atomic mass is 9.77. The second-order valence-electron chi connectivity index (χ2n) is 6.54. The van der Waals surface area contributed by atoms with E-state index in [0.29, 0.717) is 6.04 Å². The van der Waals surface area contributed by atoms with Crippen molar-refractivity contribution >= 4 is 28.6 Å². The highest BCUT2D eigenvalue weighted by Gasteiger charge is 2.46. The van der Waals surface area contributed by atoms with Gasteiger partial charge in [-0.25, -0.2) is 0 Å². The van der Waals surface area contributed by atoms with Gasteiger partial charge < -0.3 is 10.1 Å². The summed E-state index contributed by atoms with van der Waals surface area (Å²) in [6, 6.07) is 7.61. The summed E-state index contributed by atoms with van der Waals surface area (Å²) in [7, 11) is 1.51. The molecule has 4 atom stereocenters. The summed E-state index contributed by atoms with van der Waals surface area (Å²) in [5.74, 6) is 0.183. The van der Waals surface area contributed by atoms with Gasteiger partial charge in [0.25, 0.3) is 0 Å². The van der Waals surface area contributed by atoms with Gasteiger partial charge in [0.2, 0.25) is 0 Å². The highest BCUT2D eigenvalue weighted by Crippen LogP contribution is 2.42. The van der Waals surface area contributed by atoms with Gasteiger partial charge in [0.1, 0.15) is 0 Å². The lowest BCUT2D eigenvalue weighted by molar-refractivity contribution is -0.148. The van der Waals surface area contributed by atoms with Crippen LogP contribution < -0.4 is 5.32 Å². The third kappa shape index (κ3) is 3.04. The molecule has 2 unspecified atom stereocenters. The number of methoxy groups -OCH3 is 1. The molecular formula is C18H24INO2. The zero-order chi connectivity index (χ0) is 15.7. The van der Waals surface area contributed by atoms with Crippen LogP contribution in [0.5, 0.6) is 0 Å². The molecule has 22 heavy (non-hydrogen) atoms. The van der Waals surface area contributed by atoms with Crippen molar-refractivity contribution in [1.82, 2.24) is 5.32 Å². The third-order valence-electron chi connectivity index (χ3n) is 5.18. The number of fused-ring (bicyclic) bond motifs is 2. The van der Waals surface area contributed by atoms with Gasteiger partial charge in [-0.3, -0.25) is 4.79 Å². The first-order chi connectivity index (χ1) is 10.6. The smallest absolute Gasteiger partial charge is 0.310 e. The Balaban J connectivity index is 1.91. The maximum absolute atomic E-state index is 12.3. The maximum atomic E-state index is 12.3. The molecule has 2 aliphatic heterocycles. The number of benzene rings is 1. The molecule has 0 aliphatic carbocycles. The number of carbonyl (C=O) groups is 1. The van der Waals surface area contributed by atoms with Crippen LogP contribution in [0.2, 0.25) is 0 Å². The van der Waals surface area contributed by atoms with E-state index in [1.54, 1.807) is 0 Å². The number of rotatable bonds is 4. The van der Waals surface area contributed by atoms with Gasteiger partial charge in [0.15, 0.2) is 0 Å². The molecule has 0 aromatic heterocycles. The Kier molecular flexibility index (Phi) is 5.07. The topological polar surface area (TPSA) is 38.3 Å². The Labute approximate surface area is 146 Å². The van der Waals surface area contributed by atoms with Crippen LogP contribution in [-0.2, 0) is 16.0 Å². The summed E-state index contributed by atoms with van der Waals surface area (Å²) in [6.45, 7) is 2.21. The molecule has 2 bridgehead atoms. The van der Waals surface area contributed by atoms with Crippen molar-refractivity contribution in [3.8, 4) is 0 Å². The largest absolute Gasteiger partial charge is 0.469 e. The second kappa shape index (κ2) is 6.87. The standard InChI is InChI=1S/C18H24INO2/c1-3-4-11-5-6-12(9-15(11)19)14-10-13-7-8-16(20-13)17(14)18(21)22-2/h5-6,9,13-14,16-17,20H,3-4,7-8,10H2,1-2H3/t13-,14-,16?,17?/m1/s1. The first-order valence-corrected chi connectivity index (χ1v) is 9.34. The van der Waals surface area contributed by atoms with Crippen LogP contribution >= 0.6 is 22.6 Å². The van der Waals surface area contributed by atoms with E-state index in [1.807, 2.05) is 0 Å². The predicted octanol–water partition coefficient (Wildman–Crippen LogP) is 3.64. The SMILES string of the molecule is CCCc1ccc([C@H]2C[C@H]3CCC(N3)C2C(=O)OC)cc1I. The minimum absolute atomic E-state index is 0.0448. The van der Waals surface area contributed by atoms with Crippen LogP contribution in [0.15, 0.2) is 18.2 Å². The number of halogens is 1. The quantitative estimate of drug-likeness (QED) is 0.605. The van der Waals surface area contributed by atoms with Gasteiger partial charge in [-0.05, 0) is 65.5 Å². The van der Waals surface area contributed by atoms with E-state index in [1.165, 1.54) is 28.2 Å². The van der Waals surface area contributed by atoms with Crippen molar-refractivity contribution in [3.63, 3.8) is 0 Å². The average molecular weight is 413 g/mol. The summed E-state index contributed by atoms with van der Waals surface area (Å²) < 4.78 is 6.43. The fourth-order valence-electron chi connectivity index (χ4n) is 4.13. The minimum Gasteiger partial charge on any atom is -0.469 e. The van der Waals surface area contributed by atoms with Crippen molar-refractivity contribution in [2.75, 3.05) is 7.11 Å². The number of carbonyl (C=O) groups excluding carboxylic acids is 1. The van der Waals surface area contributed by atoms with E-state index in [-0.39, 0.29) is 23.8 Å². The summed E-state index contributed by atoms with van der Waals surface area (Å²) in [5.41, 5.74) is 2.72. The van der Waals surface area contributed by atoms with Crippen LogP contribution in [0, 0.1) is 9.49 Å². The maximum Gasteiger partial charge on any atom is 0.310 e. The molecule has 3 rings (SSSR count). The summed E-state index contributed by atoms with van der Waals surface area (Å²) in [5, 5.41) is 3.60. The molecule has 1 aromatic rings. The molecular weight excluding hydrogens is 389 g/mol. The number of esters is 1. The Hall–Kier alpha value is -0.620. The molecule has 0 spiro atoms. The Morgan fingerprint density at radius 2 is 2.23 bits per heavy atom. The number of nitrogens with one attached hydrogen (secondary N) is 1. The first kappa shape index (κ1) is 16.2. The highest BCUT2D eigenvalue weighted by atomic mass is 127. The monoisotopic (exact) mass is 413 g/mol. The Morgan fingerprint density at radius 1 is 1.41 bits per heavy atom. The first-order valence-electron chi connectivity index (χ1n) is 8.26. The molecule has 1 aromatic carbocycles. The molecule has 2 aliphatic rings. The summed E-state index contributed by atoms with van der Waals surface area (Å²) in [4.78, 5) is 12.3. The Morgan fingerprint density at radius 3 is 2.91 bits per heavy atom. The van der Waals surface area contributed by atoms with Gasteiger partial charge >= 0.3 is 5.97 Å². The number of ether oxygens (including phenoxy) is 1. The molecule has 4 heteroatoms.